The molecule has 168 valence electrons. The lowest BCUT2D eigenvalue weighted by Crippen LogP contribution is -2.29. The zero-order valence-electron chi connectivity index (χ0n) is 18.2. The zero-order chi connectivity index (χ0) is 23.2. The lowest BCUT2D eigenvalue weighted by molar-refractivity contribution is -0.133. The first kappa shape index (κ1) is 22.3. The lowest BCUT2D eigenvalue weighted by atomic mass is 9.82. The smallest absolute Gasteiger partial charge is 0.333 e. The molecule has 1 aliphatic carbocycles. The summed E-state index contributed by atoms with van der Waals surface area (Å²) in [6, 6.07) is 18.8. The Morgan fingerprint density at radius 2 is 1.70 bits per heavy atom. The van der Waals surface area contributed by atoms with Gasteiger partial charge in [0.2, 0.25) is 5.91 Å². The van der Waals surface area contributed by atoms with Gasteiger partial charge in [0.05, 0.1) is 5.57 Å². The van der Waals surface area contributed by atoms with Crippen molar-refractivity contribution in [1.29, 1.82) is 0 Å². The third-order valence-corrected chi connectivity index (χ3v) is 6.06. The average molecular weight is 443 g/mol. The Kier molecular flexibility index (Phi) is 6.83. The number of hydrogen-bond acceptors (Lipinski definition) is 4. The number of carbonyl (C=O) groups is 2. The SMILES string of the molecule is O=C(CCc1ccc(-c2ccc(O)cc2)cc1)NC1=C(C(=O)O)CC(c2cccnc2)CC1. The van der Waals surface area contributed by atoms with E-state index >= 15 is 0 Å². The number of amides is 1. The molecule has 33 heavy (non-hydrogen) atoms. The molecule has 0 spiro atoms. The molecule has 0 saturated heterocycles. The molecule has 3 N–H and O–H groups in total. The summed E-state index contributed by atoms with van der Waals surface area (Å²) in [7, 11) is 0. The van der Waals surface area contributed by atoms with Crippen LogP contribution in [0.15, 0.2) is 84.3 Å². The predicted molar refractivity (Wildman–Crippen MR) is 125 cm³/mol. The second kappa shape index (κ2) is 10.1. The minimum atomic E-state index is -0.983. The van der Waals surface area contributed by atoms with Gasteiger partial charge in [0.25, 0.3) is 0 Å². The number of aliphatic carboxylic acids is 1. The summed E-state index contributed by atoms with van der Waals surface area (Å²) in [6.07, 6.45) is 6.00. The van der Waals surface area contributed by atoms with Crippen LogP contribution in [0.3, 0.4) is 0 Å². The first-order valence-corrected chi connectivity index (χ1v) is 11.0. The van der Waals surface area contributed by atoms with Gasteiger partial charge in [-0.1, -0.05) is 42.5 Å². The van der Waals surface area contributed by atoms with Gasteiger partial charge in [0, 0.05) is 24.5 Å². The van der Waals surface area contributed by atoms with Crippen molar-refractivity contribution in [3.8, 4) is 16.9 Å². The molecule has 6 nitrogen and oxygen atoms in total. The Morgan fingerprint density at radius 3 is 2.33 bits per heavy atom. The molecule has 1 heterocycles. The number of aromatic nitrogens is 1. The Morgan fingerprint density at radius 1 is 1.00 bits per heavy atom. The molecule has 0 aliphatic heterocycles. The van der Waals surface area contributed by atoms with Gasteiger partial charge in [-0.25, -0.2) is 4.79 Å². The van der Waals surface area contributed by atoms with Crippen LogP contribution in [0.2, 0.25) is 0 Å². The number of carboxylic acids is 1. The van der Waals surface area contributed by atoms with Crippen LogP contribution >= 0.6 is 0 Å². The van der Waals surface area contributed by atoms with E-state index in [0.717, 1.165) is 28.7 Å². The van der Waals surface area contributed by atoms with Gasteiger partial charge in [-0.15, -0.1) is 0 Å². The third-order valence-electron chi connectivity index (χ3n) is 6.06. The highest BCUT2D eigenvalue weighted by atomic mass is 16.4. The fourth-order valence-electron chi connectivity index (χ4n) is 4.20. The number of benzene rings is 2. The van der Waals surface area contributed by atoms with Crippen LogP contribution in [0, 0.1) is 0 Å². The van der Waals surface area contributed by atoms with E-state index in [0.29, 0.717) is 25.0 Å². The van der Waals surface area contributed by atoms with Crippen molar-refractivity contribution in [3.05, 3.63) is 95.5 Å². The number of aromatic hydroxyl groups is 1. The summed E-state index contributed by atoms with van der Waals surface area (Å²) < 4.78 is 0. The van der Waals surface area contributed by atoms with E-state index < -0.39 is 5.97 Å². The van der Waals surface area contributed by atoms with Crippen LogP contribution in [-0.2, 0) is 16.0 Å². The zero-order valence-corrected chi connectivity index (χ0v) is 18.2. The van der Waals surface area contributed by atoms with Crippen LogP contribution < -0.4 is 5.32 Å². The maximum Gasteiger partial charge on any atom is 0.333 e. The molecule has 1 atom stereocenters. The lowest BCUT2D eigenvalue weighted by Gasteiger charge is -2.26. The molecule has 1 aromatic heterocycles. The highest BCUT2D eigenvalue weighted by Gasteiger charge is 2.27. The van der Waals surface area contributed by atoms with Gasteiger partial charge in [-0.3, -0.25) is 9.78 Å². The highest BCUT2D eigenvalue weighted by molar-refractivity contribution is 5.89. The molecule has 6 heteroatoms. The van der Waals surface area contributed by atoms with Crippen molar-refractivity contribution < 1.29 is 19.8 Å². The van der Waals surface area contributed by atoms with E-state index in [1.807, 2.05) is 48.5 Å². The molecule has 0 fully saturated rings. The molecule has 0 saturated carbocycles. The monoisotopic (exact) mass is 442 g/mol. The summed E-state index contributed by atoms with van der Waals surface area (Å²) in [5, 5.41) is 22.0. The maximum atomic E-state index is 12.6. The molecule has 4 rings (SSSR count). The summed E-state index contributed by atoms with van der Waals surface area (Å²) in [5.74, 6) is -0.833. The van der Waals surface area contributed by atoms with Gasteiger partial charge in [0.15, 0.2) is 0 Å². The standard InChI is InChI=1S/C27H26N2O4/c30-23-11-8-20(9-12-23)19-6-3-18(4-7-19)5-14-26(31)29-25-13-10-21(16-24(25)27(32)33)22-2-1-15-28-17-22/h1-4,6-9,11-12,15,17,21,30H,5,10,13-14,16H2,(H,29,31)(H,32,33). The van der Waals surface area contributed by atoms with Crippen LogP contribution in [0.4, 0.5) is 0 Å². The minimum absolute atomic E-state index is 0.0950. The highest BCUT2D eigenvalue weighted by Crippen LogP contribution is 2.35. The number of phenolic OH excluding ortho intramolecular Hbond substituents is 1. The number of nitrogens with zero attached hydrogens (tertiary/aromatic N) is 1. The van der Waals surface area contributed by atoms with Gasteiger partial charge >= 0.3 is 5.97 Å². The minimum Gasteiger partial charge on any atom is -0.508 e. The first-order valence-electron chi connectivity index (χ1n) is 11.0. The van der Waals surface area contributed by atoms with Crippen molar-refractivity contribution in [2.24, 2.45) is 0 Å². The van der Waals surface area contributed by atoms with E-state index in [1.165, 1.54) is 0 Å². The number of carboxylic acid groups (broad SMARTS) is 1. The fraction of sp³-hybridized carbons (Fsp3) is 0.222. The number of hydrogen-bond donors (Lipinski definition) is 3. The summed E-state index contributed by atoms with van der Waals surface area (Å²) in [4.78, 5) is 28.5. The molecule has 1 amide bonds. The number of allylic oxidation sites excluding steroid dienone is 1. The number of phenols is 1. The number of pyridine rings is 1. The van der Waals surface area contributed by atoms with Gasteiger partial charge in [-0.2, -0.15) is 0 Å². The largest absolute Gasteiger partial charge is 0.508 e. The van der Waals surface area contributed by atoms with Gasteiger partial charge in [0.1, 0.15) is 5.75 Å². The second-order valence-corrected chi connectivity index (χ2v) is 8.28. The van der Waals surface area contributed by atoms with E-state index in [1.54, 1.807) is 24.5 Å². The Hall–Kier alpha value is -3.93. The summed E-state index contributed by atoms with van der Waals surface area (Å²) in [6.45, 7) is 0. The second-order valence-electron chi connectivity index (χ2n) is 8.28. The number of aryl methyl sites for hydroxylation is 1. The molecule has 2 aromatic carbocycles. The number of carbonyl (C=O) groups excluding carboxylic acids is 1. The topological polar surface area (TPSA) is 99.5 Å². The molecule has 1 unspecified atom stereocenters. The molecule has 3 aromatic rings. The first-order chi connectivity index (χ1) is 16.0. The quantitative estimate of drug-likeness (QED) is 0.488. The summed E-state index contributed by atoms with van der Waals surface area (Å²) in [5.41, 5.74) is 4.90. The van der Waals surface area contributed by atoms with Crippen molar-refractivity contribution in [2.75, 3.05) is 0 Å². The molecule has 0 bridgehead atoms. The summed E-state index contributed by atoms with van der Waals surface area (Å²) >= 11 is 0. The Labute approximate surface area is 192 Å². The predicted octanol–water partition coefficient (Wildman–Crippen LogP) is 4.81. The molecule has 0 radical (unpaired) electrons. The number of rotatable bonds is 7. The maximum absolute atomic E-state index is 12.6. The van der Waals surface area contributed by atoms with E-state index in [9.17, 15) is 19.8 Å². The van der Waals surface area contributed by atoms with E-state index in [-0.39, 0.29) is 29.6 Å². The van der Waals surface area contributed by atoms with Crippen LogP contribution in [0.5, 0.6) is 5.75 Å². The van der Waals surface area contributed by atoms with E-state index in [2.05, 4.69) is 10.3 Å². The average Bonchev–Trinajstić information content (AvgIpc) is 2.84. The molecule has 1 aliphatic rings. The normalized spacial score (nSPS) is 15.8. The van der Waals surface area contributed by atoms with Crippen LogP contribution in [-0.4, -0.2) is 27.1 Å². The molecular formula is C27H26N2O4. The van der Waals surface area contributed by atoms with Crippen molar-refractivity contribution in [1.82, 2.24) is 10.3 Å². The van der Waals surface area contributed by atoms with Crippen molar-refractivity contribution in [3.63, 3.8) is 0 Å². The van der Waals surface area contributed by atoms with E-state index in [4.69, 9.17) is 0 Å². The Balaban J connectivity index is 1.35. The van der Waals surface area contributed by atoms with Crippen LogP contribution in [0.25, 0.3) is 11.1 Å². The van der Waals surface area contributed by atoms with Crippen molar-refractivity contribution >= 4 is 11.9 Å². The Bertz CT molecular complexity index is 1150. The molecular weight excluding hydrogens is 416 g/mol. The van der Waals surface area contributed by atoms with Crippen molar-refractivity contribution in [2.45, 2.75) is 38.0 Å². The third kappa shape index (κ3) is 5.66. The van der Waals surface area contributed by atoms with Gasteiger partial charge < -0.3 is 15.5 Å². The fourth-order valence-corrected chi connectivity index (χ4v) is 4.20. The van der Waals surface area contributed by atoms with Crippen LogP contribution in [0.1, 0.15) is 42.7 Å². The number of nitrogens with one attached hydrogen (secondary N) is 1. The van der Waals surface area contributed by atoms with Gasteiger partial charge in [-0.05, 0) is 72.1 Å².